The summed E-state index contributed by atoms with van der Waals surface area (Å²) in [5, 5.41) is 9.63. The van der Waals surface area contributed by atoms with Crippen LogP contribution in [-0.2, 0) is 5.33 Å². The van der Waals surface area contributed by atoms with Gasteiger partial charge >= 0.3 is 5.97 Å². The van der Waals surface area contributed by atoms with Crippen molar-refractivity contribution in [3.05, 3.63) is 33.3 Å². The highest BCUT2D eigenvalue weighted by atomic mass is 79.9. The van der Waals surface area contributed by atoms with Crippen molar-refractivity contribution in [1.82, 2.24) is 0 Å². The predicted molar refractivity (Wildman–Crippen MR) is 56.1 cm³/mol. The highest BCUT2D eigenvalue weighted by molar-refractivity contribution is 9.08. The first kappa shape index (κ1) is 10.8. The molecule has 0 aliphatic heterocycles. The lowest BCUT2D eigenvalue weighted by atomic mass is 10.1. The molecule has 0 spiro atoms. The first-order chi connectivity index (χ1) is 6.07. The van der Waals surface area contributed by atoms with E-state index in [1.807, 2.05) is 0 Å². The largest absolute Gasteiger partial charge is 0.478 e. The minimum Gasteiger partial charge on any atom is -0.478 e. The van der Waals surface area contributed by atoms with Crippen LogP contribution < -0.4 is 0 Å². The lowest BCUT2D eigenvalue weighted by Gasteiger charge is -2.05. The third kappa shape index (κ3) is 2.16. The average Bonchev–Trinajstić information content (AvgIpc) is 2.04. The average molecular weight is 284 g/mol. The number of carboxylic acid groups (broad SMARTS) is 1. The minimum atomic E-state index is -1.11. The maximum atomic E-state index is 10.7. The molecular formula is C8H5BrCl2O2. The Balaban J connectivity index is 3.38. The van der Waals surface area contributed by atoms with Crippen molar-refractivity contribution in [3.63, 3.8) is 0 Å². The maximum absolute atomic E-state index is 10.7. The van der Waals surface area contributed by atoms with Crippen LogP contribution in [0.15, 0.2) is 12.1 Å². The Hall–Kier alpha value is -0.250. The van der Waals surface area contributed by atoms with Crippen molar-refractivity contribution < 1.29 is 9.90 Å². The summed E-state index contributed by atoms with van der Waals surface area (Å²) in [6, 6.07) is 3.21. The van der Waals surface area contributed by atoms with Crippen molar-refractivity contribution in [2.45, 2.75) is 5.33 Å². The molecule has 0 amide bonds. The summed E-state index contributed by atoms with van der Waals surface area (Å²) in [4.78, 5) is 10.7. The molecule has 13 heavy (non-hydrogen) atoms. The van der Waals surface area contributed by atoms with E-state index in [-0.39, 0.29) is 15.6 Å². The Bertz CT molecular complexity index is 352. The number of alkyl halides is 1. The van der Waals surface area contributed by atoms with Gasteiger partial charge in [0, 0.05) is 5.33 Å². The van der Waals surface area contributed by atoms with Crippen LogP contribution in [0.5, 0.6) is 0 Å². The van der Waals surface area contributed by atoms with Crippen molar-refractivity contribution >= 4 is 45.1 Å². The lowest BCUT2D eigenvalue weighted by molar-refractivity contribution is 0.0697. The van der Waals surface area contributed by atoms with E-state index < -0.39 is 5.97 Å². The van der Waals surface area contributed by atoms with Crippen LogP contribution in [0, 0.1) is 0 Å². The van der Waals surface area contributed by atoms with Gasteiger partial charge in [0.25, 0.3) is 0 Å². The smallest absolute Gasteiger partial charge is 0.338 e. The zero-order valence-electron chi connectivity index (χ0n) is 6.35. The Kier molecular flexibility index (Phi) is 3.59. The van der Waals surface area contributed by atoms with E-state index >= 15 is 0 Å². The van der Waals surface area contributed by atoms with E-state index in [4.69, 9.17) is 28.3 Å². The van der Waals surface area contributed by atoms with E-state index in [9.17, 15) is 4.79 Å². The quantitative estimate of drug-likeness (QED) is 0.843. The molecule has 1 aromatic rings. The summed E-state index contributed by atoms with van der Waals surface area (Å²) in [5.41, 5.74) is 0.670. The molecule has 5 heteroatoms. The molecule has 0 saturated carbocycles. The third-order valence-corrected chi connectivity index (χ3v) is 2.88. The molecule has 0 aromatic heterocycles. The van der Waals surface area contributed by atoms with Crippen LogP contribution in [0.25, 0.3) is 0 Å². The second-order valence-electron chi connectivity index (χ2n) is 2.33. The number of carboxylic acids is 1. The fourth-order valence-electron chi connectivity index (χ4n) is 0.895. The SMILES string of the molecule is O=C(O)c1c(Cl)ccc(CBr)c1Cl. The van der Waals surface area contributed by atoms with E-state index in [1.54, 1.807) is 6.07 Å². The second-order valence-corrected chi connectivity index (χ2v) is 3.68. The monoisotopic (exact) mass is 282 g/mol. The Labute approximate surface area is 93.6 Å². The molecule has 0 aliphatic rings. The molecule has 1 rings (SSSR count). The summed E-state index contributed by atoms with van der Waals surface area (Å²) in [5.74, 6) is -1.11. The fraction of sp³-hybridized carbons (Fsp3) is 0.125. The molecule has 0 fully saturated rings. The number of aromatic carboxylic acids is 1. The van der Waals surface area contributed by atoms with E-state index in [1.165, 1.54) is 6.07 Å². The zero-order chi connectivity index (χ0) is 10.0. The van der Waals surface area contributed by atoms with Crippen molar-refractivity contribution in [2.24, 2.45) is 0 Å². The predicted octanol–water partition coefficient (Wildman–Crippen LogP) is 3.59. The molecule has 0 aliphatic carbocycles. The van der Waals surface area contributed by atoms with Gasteiger partial charge in [-0.25, -0.2) is 4.79 Å². The summed E-state index contributed by atoms with van der Waals surface area (Å²) in [6.07, 6.45) is 0. The van der Waals surface area contributed by atoms with Gasteiger partial charge in [-0.1, -0.05) is 45.2 Å². The van der Waals surface area contributed by atoms with Crippen molar-refractivity contribution in [3.8, 4) is 0 Å². The van der Waals surface area contributed by atoms with Crippen LogP contribution in [0.4, 0.5) is 0 Å². The van der Waals surface area contributed by atoms with Gasteiger partial charge in [-0.2, -0.15) is 0 Å². The summed E-state index contributed by atoms with van der Waals surface area (Å²) >= 11 is 14.7. The van der Waals surface area contributed by atoms with Crippen LogP contribution >= 0.6 is 39.1 Å². The Morgan fingerprint density at radius 3 is 2.54 bits per heavy atom. The van der Waals surface area contributed by atoms with Gasteiger partial charge in [0.15, 0.2) is 0 Å². The third-order valence-electron chi connectivity index (χ3n) is 1.53. The maximum Gasteiger partial charge on any atom is 0.338 e. The van der Waals surface area contributed by atoms with Gasteiger partial charge in [-0.05, 0) is 11.6 Å². The highest BCUT2D eigenvalue weighted by Gasteiger charge is 2.15. The summed E-state index contributed by atoms with van der Waals surface area (Å²) < 4.78 is 0. The Morgan fingerprint density at radius 2 is 2.08 bits per heavy atom. The van der Waals surface area contributed by atoms with Crippen LogP contribution in [0.1, 0.15) is 15.9 Å². The number of rotatable bonds is 2. The highest BCUT2D eigenvalue weighted by Crippen LogP contribution is 2.29. The first-order valence-electron chi connectivity index (χ1n) is 3.34. The van der Waals surface area contributed by atoms with Crippen LogP contribution in [-0.4, -0.2) is 11.1 Å². The molecule has 0 heterocycles. The normalized spacial score (nSPS) is 10.1. The molecule has 0 radical (unpaired) electrons. The number of benzene rings is 1. The van der Waals surface area contributed by atoms with Crippen molar-refractivity contribution in [1.29, 1.82) is 0 Å². The summed E-state index contributed by atoms with van der Waals surface area (Å²) in [6.45, 7) is 0. The standard InChI is InChI=1S/C8H5BrCl2O2/c9-3-4-1-2-5(10)6(7(4)11)8(12)13/h1-2H,3H2,(H,12,13). The van der Waals surface area contributed by atoms with Gasteiger partial charge < -0.3 is 5.11 Å². The van der Waals surface area contributed by atoms with Gasteiger partial charge in [0.1, 0.15) is 0 Å². The lowest BCUT2D eigenvalue weighted by Crippen LogP contribution is -2.00. The molecule has 0 bridgehead atoms. The Morgan fingerprint density at radius 1 is 1.46 bits per heavy atom. The first-order valence-corrected chi connectivity index (χ1v) is 5.21. The van der Waals surface area contributed by atoms with Crippen LogP contribution in [0.3, 0.4) is 0 Å². The molecular weight excluding hydrogens is 279 g/mol. The molecule has 1 aromatic carbocycles. The number of hydrogen-bond acceptors (Lipinski definition) is 1. The van der Waals surface area contributed by atoms with Gasteiger partial charge in [-0.15, -0.1) is 0 Å². The van der Waals surface area contributed by atoms with E-state index in [0.29, 0.717) is 10.9 Å². The molecule has 70 valence electrons. The number of hydrogen-bond donors (Lipinski definition) is 1. The number of carbonyl (C=O) groups is 1. The molecule has 0 atom stereocenters. The summed E-state index contributed by atoms with van der Waals surface area (Å²) in [7, 11) is 0. The van der Waals surface area contributed by atoms with E-state index in [0.717, 1.165) is 0 Å². The molecule has 0 saturated heterocycles. The van der Waals surface area contributed by atoms with Gasteiger partial charge in [0.2, 0.25) is 0 Å². The zero-order valence-corrected chi connectivity index (χ0v) is 9.45. The van der Waals surface area contributed by atoms with Gasteiger partial charge in [0.05, 0.1) is 15.6 Å². The van der Waals surface area contributed by atoms with Crippen molar-refractivity contribution in [2.75, 3.05) is 0 Å². The van der Waals surface area contributed by atoms with E-state index in [2.05, 4.69) is 15.9 Å². The van der Waals surface area contributed by atoms with Crippen LogP contribution in [0.2, 0.25) is 10.0 Å². The topological polar surface area (TPSA) is 37.3 Å². The fourth-order valence-corrected chi connectivity index (χ4v) is 2.12. The second kappa shape index (κ2) is 4.31. The number of halogens is 3. The molecule has 0 unspecified atom stereocenters. The minimum absolute atomic E-state index is 0.0414. The molecule has 1 N–H and O–H groups in total. The van der Waals surface area contributed by atoms with Gasteiger partial charge in [-0.3, -0.25) is 0 Å². The molecule has 2 nitrogen and oxygen atoms in total.